The number of carbonyl (C=O) groups is 1. The minimum absolute atomic E-state index is 0.129. The van der Waals surface area contributed by atoms with Crippen molar-refractivity contribution < 1.29 is 4.79 Å². The third-order valence-electron chi connectivity index (χ3n) is 3.63. The Kier molecular flexibility index (Phi) is 4.63. The molecule has 0 bridgehead atoms. The number of halogens is 1. The summed E-state index contributed by atoms with van der Waals surface area (Å²) in [5.41, 5.74) is 0.426. The van der Waals surface area contributed by atoms with Crippen LogP contribution in [0.2, 0.25) is 0 Å². The van der Waals surface area contributed by atoms with Gasteiger partial charge >= 0.3 is 0 Å². The van der Waals surface area contributed by atoms with Crippen molar-refractivity contribution in [3.05, 3.63) is 0 Å². The molecule has 0 aromatic carbocycles. The summed E-state index contributed by atoms with van der Waals surface area (Å²) in [6.07, 6.45) is 3.73. The van der Waals surface area contributed by atoms with Crippen LogP contribution in [0.25, 0.3) is 0 Å². The standard InChI is InChI=1S/C12H22BrNO/c1-9(2)10(3)11(15)14-8-12(4-5-12)6-7-13/h9-10H,4-8H2,1-3H3,(H,14,15). The number of hydrogen-bond donors (Lipinski definition) is 1. The Hall–Kier alpha value is -0.0500. The highest BCUT2D eigenvalue weighted by atomic mass is 79.9. The quantitative estimate of drug-likeness (QED) is 0.742. The lowest BCUT2D eigenvalue weighted by atomic mass is 9.96. The van der Waals surface area contributed by atoms with Gasteiger partial charge in [-0.1, -0.05) is 36.7 Å². The van der Waals surface area contributed by atoms with E-state index in [1.54, 1.807) is 0 Å². The summed E-state index contributed by atoms with van der Waals surface area (Å²) in [5, 5.41) is 4.14. The molecule has 0 aromatic heterocycles. The molecule has 1 N–H and O–H groups in total. The highest BCUT2D eigenvalue weighted by molar-refractivity contribution is 9.09. The first-order valence-corrected chi connectivity index (χ1v) is 6.96. The molecule has 15 heavy (non-hydrogen) atoms. The van der Waals surface area contributed by atoms with E-state index in [0.29, 0.717) is 11.3 Å². The normalized spacial score (nSPS) is 20.1. The average molecular weight is 276 g/mol. The van der Waals surface area contributed by atoms with Gasteiger partial charge in [-0.05, 0) is 30.6 Å². The largest absolute Gasteiger partial charge is 0.355 e. The highest BCUT2D eigenvalue weighted by Crippen LogP contribution is 2.48. The number of nitrogens with one attached hydrogen (secondary N) is 1. The fourth-order valence-electron chi connectivity index (χ4n) is 1.63. The van der Waals surface area contributed by atoms with Crippen molar-refractivity contribution in [2.75, 3.05) is 11.9 Å². The van der Waals surface area contributed by atoms with Crippen molar-refractivity contribution in [1.29, 1.82) is 0 Å². The van der Waals surface area contributed by atoms with Crippen LogP contribution < -0.4 is 5.32 Å². The molecule has 1 fully saturated rings. The van der Waals surface area contributed by atoms with Gasteiger partial charge in [-0.15, -0.1) is 0 Å². The van der Waals surface area contributed by atoms with Crippen LogP contribution in [0.3, 0.4) is 0 Å². The van der Waals surface area contributed by atoms with Crippen molar-refractivity contribution >= 4 is 21.8 Å². The molecule has 1 rings (SSSR count). The lowest BCUT2D eigenvalue weighted by Gasteiger charge is -2.19. The maximum Gasteiger partial charge on any atom is 0.223 e. The average Bonchev–Trinajstić information content (AvgIpc) is 2.94. The molecule has 0 aliphatic heterocycles. The monoisotopic (exact) mass is 275 g/mol. The Labute approximate surface area is 101 Å². The lowest BCUT2D eigenvalue weighted by Crippen LogP contribution is -2.36. The molecule has 1 saturated carbocycles. The van der Waals surface area contributed by atoms with Crippen molar-refractivity contribution in [1.82, 2.24) is 5.32 Å². The van der Waals surface area contributed by atoms with Crippen LogP contribution >= 0.6 is 15.9 Å². The molecule has 1 unspecified atom stereocenters. The van der Waals surface area contributed by atoms with Gasteiger partial charge in [0.05, 0.1) is 0 Å². The molecule has 1 amide bonds. The van der Waals surface area contributed by atoms with Gasteiger partial charge in [0.1, 0.15) is 0 Å². The number of alkyl halides is 1. The van der Waals surface area contributed by atoms with E-state index in [-0.39, 0.29) is 11.8 Å². The van der Waals surface area contributed by atoms with Crippen LogP contribution in [0.5, 0.6) is 0 Å². The summed E-state index contributed by atoms with van der Waals surface area (Å²) in [4.78, 5) is 11.7. The zero-order valence-corrected chi connectivity index (χ0v) is 11.6. The first-order valence-electron chi connectivity index (χ1n) is 5.84. The van der Waals surface area contributed by atoms with Crippen LogP contribution in [0, 0.1) is 17.3 Å². The molecule has 0 radical (unpaired) electrons. The molecule has 1 aliphatic rings. The Morgan fingerprint density at radius 1 is 1.40 bits per heavy atom. The molecule has 3 heteroatoms. The topological polar surface area (TPSA) is 29.1 Å². The molecule has 2 nitrogen and oxygen atoms in total. The Morgan fingerprint density at radius 2 is 2.00 bits per heavy atom. The van der Waals surface area contributed by atoms with Crippen LogP contribution in [0.15, 0.2) is 0 Å². The summed E-state index contributed by atoms with van der Waals surface area (Å²) in [5.74, 6) is 0.770. The highest BCUT2D eigenvalue weighted by Gasteiger charge is 2.41. The van der Waals surface area contributed by atoms with Gasteiger partial charge in [0.15, 0.2) is 0 Å². The predicted octanol–water partition coefficient (Wildman–Crippen LogP) is 2.96. The summed E-state index contributed by atoms with van der Waals surface area (Å²) in [6.45, 7) is 7.06. The first kappa shape index (κ1) is 13.0. The third-order valence-corrected chi connectivity index (χ3v) is 4.03. The van der Waals surface area contributed by atoms with Gasteiger partial charge in [0.2, 0.25) is 5.91 Å². The van der Waals surface area contributed by atoms with Gasteiger partial charge in [-0.3, -0.25) is 4.79 Å². The second-order valence-corrected chi connectivity index (χ2v) is 5.98. The summed E-state index contributed by atoms with van der Waals surface area (Å²) < 4.78 is 0. The maximum absolute atomic E-state index is 11.7. The van der Waals surface area contributed by atoms with E-state index in [2.05, 4.69) is 35.1 Å². The van der Waals surface area contributed by atoms with Crippen molar-refractivity contribution in [3.63, 3.8) is 0 Å². The number of hydrogen-bond acceptors (Lipinski definition) is 1. The SMILES string of the molecule is CC(C)C(C)C(=O)NCC1(CCBr)CC1. The summed E-state index contributed by atoms with van der Waals surface area (Å²) in [6, 6.07) is 0. The van der Waals surface area contributed by atoms with E-state index >= 15 is 0 Å². The smallest absolute Gasteiger partial charge is 0.223 e. The van der Waals surface area contributed by atoms with Crippen LogP contribution in [0.4, 0.5) is 0 Å². The number of amides is 1. The molecule has 0 saturated heterocycles. The van der Waals surface area contributed by atoms with Gasteiger partial charge < -0.3 is 5.32 Å². The Bertz CT molecular complexity index is 224. The van der Waals surface area contributed by atoms with Gasteiger partial charge in [-0.25, -0.2) is 0 Å². The van der Waals surface area contributed by atoms with Crippen LogP contribution in [0.1, 0.15) is 40.0 Å². The van der Waals surface area contributed by atoms with E-state index in [1.165, 1.54) is 19.3 Å². The Balaban J connectivity index is 2.28. The molecule has 0 spiro atoms. The van der Waals surface area contributed by atoms with E-state index in [0.717, 1.165) is 11.9 Å². The molecule has 1 aliphatic carbocycles. The van der Waals surface area contributed by atoms with E-state index < -0.39 is 0 Å². The number of rotatable bonds is 6. The van der Waals surface area contributed by atoms with E-state index in [4.69, 9.17) is 0 Å². The van der Waals surface area contributed by atoms with Gasteiger partial charge in [0.25, 0.3) is 0 Å². The predicted molar refractivity (Wildman–Crippen MR) is 67.1 cm³/mol. The third kappa shape index (κ3) is 3.78. The molecular weight excluding hydrogens is 254 g/mol. The zero-order chi connectivity index (χ0) is 11.5. The van der Waals surface area contributed by atoms with Crippen molar-refractivity contribution in [3.8, 4) is 0 Å². The maximum atomic E-state index is 11.7. The number of carbonyl (C=O) groups excluding carboxylic acids is 1. The first-order chi connectivity index (χ1) is 7.01. The minimum atomic E-state index is 0.129. The Morgan fingerprint density at radius 3 is 2.40 bits per heavy atom. The van der Waals surface area contributed by atoms with Crippen molar-refractivity contribution in [2.45, 2.75) is 40.0 Å². The fraction of sp³-hybridized carbons (Fsp3) is 0.917. The minimum Gasteiger partial charge on any atom is -0.355 e. The molecule has 88 valence electrons. The van der Waals surface area contributed by atoms with Crippen LogP contribution in [-0.4, -0.2) is 17.8 Å². The lowest BCUT2D eigenvalue weighted by molar-refractivity contribution is -0.125. The van der Waals surface area contributed by atoms with E-state index in [9.17, 15) is 4.79 Å². The second-order valence-electron chi connectivity index (χ2n) is 5.19. The molecule has 0 aromatic rings. The molecule has 0 heterocycles. The molecule has 1 atom stereocenters. The van der Waals surface area contributed by atoms with E-state index in [1.807, 2.05) is 6.92 Å². The summed E-state index contributed by atoms with van der Waals surface area (Å²) in [7, 11) is 0. The van der Waals surface area contributed by atoms with Gasteiger partial charge in [-0.2, -0.15) is 0 Å². The summed E-state index contributed by atoms with van der Waals surface area (Å²) >= 11 is 3.47. The van der Waals surface area contributed by atoms with Gasteiger partial charge in [0, 0.05) is 17.8 Å². The zero-order valence-electron chi connectivity index (χ0n) is 9.98. The second kappa shape index (κ2) is 5.33. The van der Waals surface area contributed by atoms with Crippen LogP contribution in [-0.2, 0) is 4.79 Å². The fourth-order valence-corrected chi connectivity index (χ4v) is 2.47. The molecular formula is C12H22BrNO. The van der Waals surface area contributed by atoms with Crippen molar-refractivity contribution in [2.24, 2.45) is 17.3 Å².